The van der Waals surface area contributed by atoms with Gasteiger partial charge in [-0.2, -0.15) is 0 Å². The van der Waals surface area contributed by atoms with E-state index in [9.17, 15) is 5.11 Å². The van der Waals surface area contributed by atoms with Gasteiger partial charge in [0, 0.05) is 6.20 Å². The number of benzene rings is 1. The van der Waals surface area contributed by atoms with Gasteiger partial charge in [-0.25, -0.2) is 0 Å². The van der Waals surface area contributed by atoms with Crippen LogP contribution in [0.25, 0.3) is 0 Å². The molecule has 1 aromatic heterocycles. The van der Waals surface area contributed by atoms with Crippen LogP contribution < -0.4 is 4.74 Å². The second kappa shape index (κ2) is 4.66. The molecule has 0 bridgehead atoms. The number of phenolic OH excluding ortho intramolecular Hbond substituents is 1. The molecule has 0 fully saturated rings. The average molecular weight is 215 g/mol. The summed E-state index contributed by atoms with van der Waals surface area (Å²) < 4.78 is 5.51. The average Bonchev–Trinajstić information content (AvgIpc) is 2.32. The van der Waals surface area contributed by atoms with Crippen molar-refractivity contribution in [3.05, 3.63) is 53.9 Å². The van der Waals surface area contributed by atoms with Crippen molar-refractivity contribution >= 4 is 0 Å². The summed E-state index contributed by atoms with van der Waals surface area (Å²) in [7, 11) is 0. The topological polar surface area (TPSA) is 42.4 Å². The fourth-order valence-electron chi connectivity index (χ4n) is 1.34. The summed E-state index contributed by atoms with van der Waals surface area (Å²) in [6, 6.07) is 9.19. The van der Waals surface area contributed by atoms with Crippen LogP contribution in [0.5, 0.6) is 11.5 Å². The number of rotatable bonds is 3. The number of aromatic nitrogens is 1. The smallest absolute Gasteiger partial charge is 0.138 e. The largest absolute Gasteiger partial charge is 0.508 e. The SMILES string of the molecule is Cc1ccc(COc2cccnc2)cc1O. The van der Waals surface area contributed by atoms with E-state index in [-0.39, 0.29) is 0 Å². The molecule has 0 atom stereocenters. The van der Waals surface area contributed by atoms with E-state index in [1.165, 1.54) is 0 Å². The molecule has 0 saturated carbocycles. The van der Waals surface area contributed by atoms with E-state index in [2.05, 4.69) is 4.98 Å². The van der Waals surface area contributed by atoms with Crippen molar-refractivity contribution < 1.29 is 9.84 Å². The molecule has 16 heavy (non-hydrogen) atoms. The molecule has 0 radical (unpaired) electrons. The van der Waals surface area contributed by atoms with Gasteiger partial charge in [0.15, 0.2) is 0 Å². The first-order chi connectivity index (χ1) is 7.75. The summed E-state index contributed by atoms with van der Waals surface area (Å²) in [5.74, 6) is 1.02. The van der Waals surface area contributed by atoms with Gasteiger partial charge in [0.25, 0.3) is 0 Å². The fraction of sp³-hybridized carbons (Fsp3) is 0.154. The van der Waals surface area contributed by atoms with Crippen LogP contribution in [0.1, 0.15) is 11.1 Å². The predicted octanol–water partition coefficient (Wildman–Crippen LogP) is 2.67. The molecule has 0 aliphatic rings. The first-order valence-corrected chi connectivity index (χ1v) is 5.07. The van der Waals surface area contributed by atoms with Crippen LogP contribution in [0.15, 0.2) is 42.7 Å². The molecule has 1 N–H and O–H groups in total. The maximum absolute atomic E-state index is 9.53. The van der Waals surface area contributed by atoms with Gasteiger partial charge in [0.2, 0.25) is 0 Å². The normalized spacial score (nSPS) is 10.1. The standard InChI is InChI=1S/C13H13NO2/c1-10-4-5-11(7-13(10)15)9-16-12-3-2-6-14-8-12/h2-8,15H,9H2,1H3. The number of ether oxygens (including phenoxy) is 1. The summed E-state index contributed by atoms with van der Waals surface area (Å²) in [5, 5.41) is 9.53. The Morgan fingerprint density at radius 1 is 1.31 bits per heavy atom. The molecule has 0 aliphatic heterocycles. The zero-order valence-corrected chi connectivity index (χ0v) is 9.05. The highest BCUT2D eigenvalue weighted by molar-refractivity contribution is 5.35. The zero-order chi connectivity index (χ0) is 11.4. The lowest BCUT2D eigenvalue weighted by molar-refractivity contribution is 0.304. The monoisotopic (exact) mass is 215 g/mol. The van der Waals surface area contributed by atoms with E-state index in [4.69, 9.17) is 4.74 Å². The summed E-state index contributed by atoms with van der Waals surface area (Å²) in [6.45, 7) is 2.29. The Balaban J connectivity index is 2.03. The Labute approximate surface area is 94.3 Å². The maximum atomic E-state index is 9.53. The van der Waals surface area contributed by atoms with Crippen LogP contribution in [0, 0.1) is 6.92 Å². The highest BCUT2D eigenvalue weighted by Gasteiger charge is 1.99. The lowest BCUT2D eigenvalue weighted by atomic mass is 10.1. The van der Waals surface area contributed by atoms with Crippen LogP contribution in [-0.2, 0) is 6.61 Å². The first kappa shape index (κ1) is 10.5. The fourth-order valence-corrected chi connectivity index (χ4v) is 1.34. The van der Waals surface area contributed by atoms with Gasteiger partial charge in [0.05, 0.1) is 6.20 Å². The zero-order valence-electron chi connectivity index (χ0n) is 9.05. The lowest BCUT2D eigenvalue weighted by Crippen LogP contribution is -1.95. The number of pyridine rings is 1. The van der Waals surface area contributed by atoms with E-state index >= 15 is 0 Å². The first-order valence-electron chi connectivity index (χ1n) is 5.07. The molecule has 82 valence electrons. The van der Waals surface area contributed by atoms with Crippen LogP contribution in [-0.4, -0.2) is 10.1 Å². The molecule has 0 spiro atoms. The summed E-state index contributed by atoms with van der Waals surface area (Å²) >= 11 is 0. The number of phenols is 1. The van der Waals surface area contributed by atoms with Crippen LogP contribution in [0.3, 0.4) is 0 Å². The van der Waals surface area contributed by atoms with E-state index in [1.54, 1.807) is 18.5 Å². The summed E-state index contributed by atoms with van der Waals surface area (Å²) in [6.07, 6.45) is 3.36. The van der Waals surface area contributed by atoms with Gasteiger partial charge in [-0.15, -0.1) is 0 Å². The van der Waals surface area contributed by atoms with Crippen LogP contribution >= 0.6 is 0 Å². The summed E-state index contributed by atoms with van der Waals surface area (Å²) in [5.41, 5.74) is 1.80. The van der Waals surface area contributed by atoms with Crippen LogP contribution in [0.2, 0.25) is 0 Å². The van der Waals surface area contributed by atoms with Crippen molar-refractivity contribution in [3.8, 4) is 11.5 Å². The van der Waals surface area contributed by atoms with Crippen molar-refractivity contribution in [1.29, 1.82) is 0 Å². The number of hydrogen-bond acceptors (Lipinski definition) is 3. The van der Waals surface area contributed by atoms with E-state index in [0.29, 0.717) is 12.4 Å². The van der Waals surface area contributed by atoms with Crippen molar-refractivity contribution in [2.45, 2.75) is 13.5 Å². The molecule has 3 nitrogen and oxygen atoms in total. The van der Waals surface area contributed by atoms with Crippen molar-refractivity contribution in [3.63, 3.8) is 0 Å². The summed E-state index contributed by atoms with van der Waals surface area (Å²) in [4.78, 5) is 3.95. The molecule has 0 unspecified atom stereocenters. The molecule has 1 heterocycles. The third-order valence-corrected chi connectivity index (χ3v) is 2.31. The minimum atomic E-state index is 0.298. The molecular weight excluding hydrogens is 202 g/mol. The minimum absolute atomic E-state index is 0.298. The second-order valence-corrected chi connectivity index (χ2v) is 3.60. The van der Waals surface area contributed by atoms with Crippen molar-refractivity contribution in [2.24, 2.45) is 0 Å². The maximum Gasteiger partial charge on any atom is 0.138 e. The Hall–Kier alpha value is -2.03. The highest BCUT2D eigenvalue weighted by atomic mass is 16.5. The second-order valence-electron chi connectivity index (χ2n) is 3.60. The molecule has 0 amide bonds. The van der Waals surface area contributed by atoms with Crippen molar-refractivity contribution in [1.82, 2.24) is 4.98 Å². The Bertz CT molecular complexity index is 469. The predicted molar refractivity (Wildman–Crippen MR) is 61.4 cm³/mol. The Morgan fingerprint density at radius 2 is 2.19 bits per heavy atom. The van der Waals surface area contributed by atoms with Gasteiger partial charge in [-0.05, 0) is 36.2 Å². The van der Waals surface area contributed by atoms with E-state index < -0.39 is 0 Å². The number of aromatic hydroxyl groups is 1. The molecule has 0 saturated heterocycles. The van der Waals surface area contributed by atoms with Gasteiger partial charge in [-0.1, -0.05) is 12.1 Å². The van der Waals surface area contributed by atoms with E-state index in [1.807, 2.05) is 31.2 Å². The quantitative estimate of drug-likeness (QED) is 0.855. The number of nitrogens with zero attached hydrogens (tertiary/aromatic N) is 1. The molecular formula is C13H13NO2. The number of hydrogen-bond donors (Lipinski definition) is 1. The highest BCUT2D eigenvalue weighted by Crippen LogP contribution is 2.18. The molecule has 3 heteroatoms. The molecule has 2 rings (SSSR count). The third kappa shape index (κ3) is 2.51. The Kier molecular flexibility index (Phi) is 3.05. The third-order valence-electron chi connectivity index (χ3n) is 2.31. The van der Waals surface area contributed by atoms with Crippen molar-refractivity contribution in [2.75, 3.05) is 0 Å². The van der Waals surface area contributed by atoms with Gasteiger partial charge in [-0.3, -0.25) is 4.98 Å². The lowest BCUT2D eigenvalue weighted by Gasteiger charge is -2.06. The van der Waals surface area contributed by atoms with Crippen LogP contribution in [0.4, 0.5) is 0 Å². The minimum Gasteiger partial charge on any atom is -0.508 e. The molecule has 0 aliphatic carbocycles. The number of aryl methyl sites for hydroxylation is 1. The Morgan fingerprint density at radius 3 is 2.88 bits per heavy atom. The van der Waals surface area contributed by atoms with Gasteiger partial charge in [0.1, 0.15) is 18.1 Å². The molecule has 1 aromatic carbocycles. The molecule has 2 aromatic rings. The van der Waals surface area contributed by atoms with E-state index in [0.717, 1.165) is 16.9 Å². The van der Waals surface area contributed by atoms with Gasteiger partial charge < -0.3 is 9.84 Å². The van der Waals surface area contributed by atoms with Gasteiger partial charge >= 0.3 is 0 Å².